The summed E-state index contributed by atoms with van der Waals surface area (Å²) in [5, 5.41) is 11.5. The van der Waals surface area contributed by atoms with E-state index in [2.05, 4.69) is 11.1 Å². The number of nitrogen functional groups attached to an aromatic ring is 1. The van der Waals surface area contributed by atoms with Gasteiger partial charge in [0.25, 0.3) is 0 Å². The third-order valence-electron chi connectivity index (χ3n) is 3.66. The van der Waals surface area contributed by atoms with E-state index < -0.39 is 0 Å². The number of hydrogen-bond acceptors (Lipinski definition) is 5. The second-order valence-corrected chi connectivity index (χ2v) is 5.97. The monoisotopic (exact) mass is 321 g/mol. The Labute approximate surface area is 138 Å². The normalized spacial score (nSPS) is 10.3. The first-order valence-corrected chi connectivity index (χ1v) is 7.92. The molecule has 0 amide bonds. The van der Waals surface area contributed by atoms with Gasteiger partial charge in [0.15, 0.2) is 0 Å². The zero-order chi connectivity index (χ0) is 16.4. The summed E-state index contributed by atoms with van der Waals surface area (Å²) in [6.07, 6.45) is 0. The SMILES string of the molecule is COc1ccc(-c2c(C)nc(N)c(C#N)c2-c2cccs2)cc1. The summed E-state index contributed by atoms with van der Waals surface area (Å²) in [4.78, 5) is 5.37. The number of thiophene rings is 1. The van der Waals surface area contributed by atoms with Gasteiger partial charge in [0.05, 0.1) is 7.11 Å². The summed E-state index contributed by atoms with van der Waals surface area (Å²) >= 11 is 1.58. The standard InChI is InChI=1S/C18H15N3OS/c1-11-16(12-5-7-13(22-2)8-6-12)17(15-4-3-9-23-15)14(10-19)18(20)21-11/h3-9H,1-2H3,(H2,20,21). The van der Waals surface area contributed by atoms with Crippen LogP contribution in [0.5, 0.6) is 5.75 Å². The highest BCUT2D eigenvalue weighted by atomic mass is 32.1. The number of nitriles is 1. The number of ether oxygens (including phenoxy) is 1. The topological polar surface area (TPSA) is 71.9 Å². The molecule has 2 N–H and O–H groups in total. The van der Waals surface area contributed by atoms with Crippen LogP contribution in [0.3, 0.4) is 0 Å². The first-order valence-electron chi connectivity index (χ1n) is 7.04. The lowest BCUT2D eigenvalue weighted by Crippen LogP contribution is -2.02. The molecule has 3 aromatic rings. The highest BCUT2D eigenvalue weighted by Gasteiger charge is 2.20. The number of rotatable bonds is 3. The summed E-state index contributed by atoms with van der Waals surface area (Å²) in [7, 11) is 1.63. The summed E-state index contributed by atoms with van der Waals surface area (Å²) in [5.74, 6) is 1.05. The van der Waals surface area contributed by atoms with Crippen LogP contribution in [0.25, 0.3) is 21.6 Å². The number of hydrogen-bond donors (Lipinski definition) is 1. The molecule has 4 nitrogen and oxygen atoms in total. The molecular formula is C18H15N3OS. The molecule has 3 rings (SSSR count). The van der Waals surface area contributed by atoms with Gasteiger partial charge in [-0.3, -0.25) is 0 Å². The minimum absolute atomic E-state index is 0.269. The lowest BCUT2D eigenvalue weighted by atomic mass is 9.94. The molecular weight excluding hydrogens is 306 g/mol. The Kier molecular flexibility index (Phi) is 4.00. The van der Waals surface area contributed by atoms with Crippen molar-refractivity contribution >= 4 is 17.2 Å². The van der Waals surface area contributed by atoms with Crippen LogP contribution >= 0.6 is 11.3 Å². The van der Waals surface area contributed by atoms with Gasteiger partial charge in [0, 0.05) is 21.7 Å². The molecule has 0 spiro atoms. The molecule has 0 radical (unpaired) electrons. The quantitative estimate of drug-likeness (QED) is 0.783. The van der Waals surface area contributed by atoms with Gasteiger partial charge in [-0.15, -0.1) is 11.3 Å². The van der Waals surface area contributed by atoms with Crippen molar-refractivity contribution in [1.29, 1.82) is 5.26 Å². The van der Waals surface area contributed by atoms with Gasteiger partial charge in [0.2, 0.25) is 0 Å². The average molecular weight is 321 g/mol. The van der Waals surface area contributed by atoms with Crippen LogP contribution in [-0.4, -0.2) is 12.1 Å². The Morgan fingerprint density at radius 2 is 1.91 bits per heavy atom. The number of benzene rings is 1. The predicted molar refractivity (Wildman–Crippen MR) is 93.4 cm³/mol. The lowest BCUT2D eigenvalue weighted by molar-refractivity contribution is 0.415. The molecule has 0 saturated heterocycles. The molecule has 23 heavy (non-hydrogen) atoms. The van der Waals surface area contributed by atoms with Gasteiger partial charge >= 0.3 is 0 Å². The maximum Gasteiger partial charge on any atom is 0.142 e. The maximum atomic E-state index is 9.56. The van der Waals surface area contributed by atoms with Crippen LogP contribution in [0, 0.1) is 18.3 Å². The minimum Gasteiger partial charge on any atom is -0.497 e. The van der Waals surface area contributed by atoms with Gasteiger partial charge in [0.1, 0.15) is 23.2 Å². The number of pyridine rings is 1. The average Bonchev–Trinajstić information content (AvgIpc) is 3.08. The van der Waals surface area contributed by atoms with Gasteiger partial charge < -0.3 is 10.5 Å². The van der Waals surface area contributed by atoms with Crippen LogP contribution in [0.2, 0.25) is 0 Å². The molecule has 2 aromatic heterocycles. The van der Waals surface area contributed by atoms with E-state index >= 15 is 0 Å². The summed E-state index contributed by atoms with van der Waals surface area (Å²) < 4.78 is 5.22. The van der Waals surface area contributed by atoms with E-state index in [1.807, 2.05) is 48.7 Å². The number of anilines is 1. The molecule has 0 atom stereocenters. The predicted octanol–water partition coefficient (Wildman–Crippen LogP) is 4.25. The van der Waals surface area contributed by atoms with E-state index in [1.54, 1.807) is 18.4 Å². The van der Waals surface area contributed by atoms with Gasteiger partial charge in [-0.25, -0.2) is 4.98 Å². The first-order chi connectivity index (χ1) is 11.2. The fraction of sp³-hybridized carbons (Fsp3) is 0.111. The number of aromatic nitrogens is 1. The second-order valence-electron chi connectivity index (χ2n) is 5.03. The second kappa shape index (κ2) is 6.11. The van der Waals surface area contributed by atoms with Crippen molar-refractivity contribution in [2.24, 2.45) is 0 Å². The van der Waals surface area contributed by atoms with Crippen molar-refractivity contribution in [1.82, 2.24) is 4.98 Å². The van der Waals surface area contributed by atoms with Crippen LogP contribution in [-0.2, 0) is 0 Å². The largest absolute Gasteiger partial charge is 0.497 e. The van der Waals surface area contributed by atoms with Gasteiger partial charge in [-0.1, -0.05) is 18.2 Å². The van der Waals surface area contributed by atoms with Crippen molar-refractivity contribution in [2.45, 2.75) is 6.92 Å². The Morgan fingerprint density at radius 3 is 2.48 bits per heavy atom. The molecule has 5 heteroatoms. The molecule has 0 saturated carbocycles. The van der Waals surface area contributed by atoms with E-state index in [1.165, 1.54) is 0 Å². The summed E-state index contributed by atoms with van der Waals surface area (Å²) in [5.41, 5.74) is 9.96. The molecule has 114 valence electrons. The fourth-order valence-corrected chi connectivity index (χ4v) is 3.40. The molecule has 2 heterocycles. The molecule has 0 bridgehead atoms. The number of nitrogens with zero attached hydrogens (tertiary/aromatic N) is 2. The van der Waals surface area contributed by atoms with Crippen molar-refractivity contribution < 1.29 is 4.74 Å². The number of methoxy groups -OCH3 is 1. The third kappa shape index (κ3) is 2.65. The maximum absolute atomic E-state index is 9.56. The van der Waals surface area contributed by atoms with Crippen LogP contribution < -0.4 is 10.5 Å². The van der Waals surface area contributed by atoms with Gasteiger partial charge in [-0.2, -0.15) is 5.26 Å². The zero-order valence-electron chi connectivity index (χ0n) is 12.8. The number of aryl methyl sites for hydroxylation is 1. The molecule has 0 aliphatic rings. The molecule has 0 unspecified atom stereocenters. The van der Waals surface area contributed by atoms with Crippen molar-refractivity contribution in [3.8, 4) is 33.4 Å². The molecule has 0 aliphatic carbocycles. The fourth-order valence-electron chi connectivity index (χ4n) is 2.62. The van der Waals surface area contributed by atoms with Gasteiger partial charge in [-0.05, 0) is 36.1 Å². The Bertz CT molecular complexity index is 878. The smallest absolute Gasteiger partial charge is 0.142 e. The van der Waals surface area contributed by atoms with Crippen LogP contribution in [0.1, 0.15) is 11.3 Å². The van der Waals surface area contributed by atoms with E-state index in [0.29, 0.717) is 5.56 Å². The number of nitrogens with two attached hydrogens (primary N) is 1. The Morgan fingerprint density at radius 1 is 1.17 bits per heavy atom. The molecule has 0 aliphatic heterocycles. The van der Waals surface area contributed by atoms with Crippen molar-refractivity contribution in [3.63, 3.8) is 0 Å². The summed E-state index contributed by atoms with van der Waals surface area (Å²) in [6, 6.07) is 13.9. The Hall–Kier alpha value is -2.84. The third-order valence-corrected chi connectivity index (χ3v) is 4.55. The van der Waals surface area contributed by atoms with E-state index in [0.717, 1.165) is 33.0 Å². The highest BCUT2D eigenvalue weighted by molar-refractivity contribution is 7.13. The zero-order valence-corrected chi connectivity index (χ0v) is 13.6. The van der Waals surface area contributed by atoms with Crippen LogP contribution in [0.15, 0.2) is 41.8 Å². The van der Waals surface area contributed by atoms with E-state index in [4.69, 9.17) is 10.5 Å². The Balaban J connectivity index is 2.33. The van der Waals surface area contributed by atoms with Crippen molar-refractivity contribution in [2.75, 3.05) is 12.8 Å². The minimum atomic E-state index is 0.269. The van der Waals surface area contributed by atoms with E-state index in [-0.39, 0.29) is 5.82 Å². The molecule has 1 aromatic carbocycles. The van der Waals surface area contributed by atoms with E-state index in [9.17, 15) is 5.26 Å². The first kappa shape index (κ1) is 15.1. The van der Waals surface area contributed by atoms with Crippen molar-refractivity contribution in [3.05, 3.63) is 53.0 Å². The lowest BCUT2D eigenvalue weighted by Gasteiger charge is -2.15. The highest BCUT2D eigenvalue weighted by Crippen LogP contribution is 2.40. The summed E-state index contributed by atoms with van der Waals surface area (Å²) in [6.45, 7) is 1.91. The van der Waals surface area contributed by atoms with Crippen LogP contribution in [0.4, 0.5) is 5.82 Å². The molecule has 0 fully saturated rings.